The van der Waals surface area contributed by atoms with Crippen LogP contribution in [0.2, 0.25) is 0 Å². The lowest BCUT2D eigenvalue weighted by molar-refractivity contribution is 0.0918. The van der Waals surface area contributed by atoms with Gasteiger partial charge in [0, 0.05) is 11.7 Å². The number of benzene rings is 2. The van der Waals surface area contributed by atoms with E-state index in [0.29, 0.717) is 11.5 Å². The minimum Gasteiger partial charge on any atom is -0.507 e. The molecule has 2 N–H and O–H groups in total. The summed E-state index contributed by atoms with van der Waals surface area (Å²) in [6.45, 7) is 10.9. The summed E-state index contributed by atoms with van der Waals surface area (Å²) >= 11 is 0. The van der Waals surface area contributed by atoms with E-state index in [1.807, 2.05) is 17.8 Å². The molecular formula is C30H36FN3O2. The van der Waals surface area contributed by atoms with Crippen molar-refractivity contribution in [3.8, 4) is 11.4 Å². The molecular weight excluding hydrogens is 453 g/mol. The number of halogens is 1. The van der Waals surface area contributed by atoms with Gasteiger partial charge in [0.15, 0.2) is 0 Å². The fraction of sp³-hybridized carbons (Fsp3) is 0.400. The van der Waals surface area contributed by atoms with Crippen LogP contribution in [-0.4, -0.2) is 26.8 Å². The maximum atomic E-state index is 13.4. The molecule has 1 fully saturated rings. The van der Waals surface area contributed by atoms with Crippen LogP contribution < -0.4 is 5.32 Å². The Hall–Kier alpha value is -3.41. The Morgan fingerprint density at radius 1 is 1.28 bits per heavy atom. The molecule has 1 amide bonds. The second kappa shape index (κ2) is 10.7. The summed E-state index contributed by atoms with van der Waals surface area (Å²) in [5.41, 5.74) is 4.46. The van der Waals surface area contributed by atoms with E-state index in [1.54, 1.807) is 30.3 Å². The van der Waals surface area contributed by atoms with Gasteiger partial charge >= 0.3 is 0 Å². The number of phenolic OH excluding ortho intramolecular Hbond substituents is 1. The Bertz CT molecular complexity index is 1230. The third kappa shape index (κ3) is 5.23. The van der Waals surface area contributed by atoms with Crippen LogP contribution in [0.4, 0.5) is 4.39 Å². The molecule has 0 saturated heterocycles. The van der Waals surface area contributed by atoms with Gasteiger partial charge < -0.3 is 10.4 Å². The van der Waals surface area contributed by atoms with Crippen molar-refractivity contribution in [3.05, 3.63) is 89.5 Å². The van der Waals surface area contributed by atoms with Crippen molar-refractivity contribution >= 4 is 5.91 Å². The third-order valence-corrected chi connectivity index (χ3v) is 7.93. The first kappa shape index (κ1) is 25.7. The number of rotatable bonds is 9. The summed E-state index contributed by atoms with van der Waals surface area (Å²) in [5, 5.41) is 17.9. The van der Waals surface area contributed by atoms with Gasteiger partial charge in [-0.3, -0.25) is 4.79 Å². The van der Waals surface area contributed by atoms with Crippen molar-refractivity contribution in [1.29, 1.82) is 0 Å². The summed E-state index contributed by atoms with van der Waals surface area (Å²) in [7, 11) is 0. The number of phenols is 1. The molecule has 0 bridgehead atoms. The van der Waals surface area contributed by atoms with E-state index in [-0.39, 0.29) is 28.9 Å². The number of para-hydroxylation sites is 1. The van der Waals surface area contributed by atoms with Crippen molar-refractivity contribution in [2.24, 2.45) is 11.3 Å². The number of carbonyl (C=O) groups excluding carboxylic acids is 1. The van der Waals surface area contributed by atoms with Crippen LogP contribution >= 0.6 is 0 Å². The normalized spacial score (nSPS) is 20.4. The average molecular weight is 490 g/mol. The van der Waals surface area contributed by atoms with Gasteiger partial charge in [-0.1, -0.05) is 44.6 Å². The Morgan fingerprint density at radius 2 is 2.00 bits per heavy atom. The number of hydrogen-bond acceptors (Lipinski definition) is 3. The molecule has 3 aromatic rings. The van der Waals surface area contributed by atoms with Crippen molar-refractivity contribution in [2.45, 2.75) is 65.3 Å². The van der Waals surface area contributed by atoms with Gasteiger partial charge in [-0.25, -0.2) is 9.07 Å². The molecule has 1 aromatic heterocycles. The van der Waals surface area contributed by atoms with Crippen LogP contribution in [0.3, 0.4) is 0 Å². The lowest BCUT2D eigenvalue weighted by atomic mass is 9.70. The van der Waals surface area contributed by atoms with Gasteiger partial charge in [-0.15, -0.1) is 0 Å². The maximum absolute atomic E-state index is 13.4. The summed E-state index contributed by atoms with van der Waals surface area (Å²) in [5.74, 6) is -0.142. The van der Waals surface area contributed by atoms with E-state index in [0.717, 1.165) is 55.5 Å². The van der Waals surface area contributed by atoms with E-state index >= 15 is 0 Å². The number of hydrogen-bond donors (Lipinski definition) is 2. The van der Waals surface area contributed by atoms with Crippen LogP contribution in [0.15, 0.2) is 66.9 Å². The Labute approximate surface area is 213 Å². The standard InChI is InChI=1S/C30H36FN3O2/c1-5-8-25(33-29(36)27-9-6-7-10-28(27)35)17-23-12-11-20(2)30(23,4)18-22-19-32-34(21(22)3)26-15-13-24(31)14-16-26/h6-7,9-10,13-16,19,23,25,35H,2,5,8,11-12,17-18H2,1,3-4H3,(H,33,36)/t23-,25?,30+/m1/s1. The summed E-state index contributed by atoms with van der Waals surface area (Å²) in [6.07, 6.45) is 7.42. The van der Waals surface area contributed by atoms with Crippen LogP contribution in [0.25, 0.3) is 5.69 Å². The van der Waals surface area contributed by atoms with Gasteiger partial charge in [0.1, 0.15) is 11.6 Å². The molecule has 1 aliphatic rings. The Kier molecular flexibility index (Phi) is 7.62. The fourth-order valence-electron chi connectivity index (χ4n) is 5.61. The van der Waals surface area contributed by atoms with Gasteiger partial charge in [0.05, 0.1) is 17.4 Å². The first-order valence-corrected chi connectivity index (χ1v) is 12.8. The molecule has 1 saturated carbocycles. The van der Waals surface area contributed by atoms with E-state index in [9.17, 15) is 14.3 Å². The zero-order valence-corrected chi connectivity index (χ0v) is 21.4. The molecule has 3 atom stereocenters. The van der Waals surface area contributed by atoms with E-state index in [2.05, 4.69) is 30.8 Å². The molecule has 0 aliphatic heterocycles. The zero-order chi connectivity index (χ0) is 25.9. The molecule has 5 nitrogen and oxygen atoms in total. The quantitative estimate of drug-likeness (QED) is 0.336. The Balaban J connectivity index is 1.52. The van der Waals surface area contributed by atoms with Crippen LogP contribution in [0, 0.1) is 24.1 Å². The predicted molar refractivity (Wildman–Crippen MR) is 141 cm³/mol. The molecule has 2 aromatic carbocycles. The molecule has 1 heterocycles. The minimum atomic E-state index is -0.266. The summed E-state index contributed by atoms with van der Waals surface area (Å²) in [6, 6.07) is 13.0. The highest BCUT2D eigenvalue weighted by Crippen LogP contribution is 2.51. The summed E-state index contributed by atoms with van der Waals surface area (Å²) in [4.78, 5) is 12.9. The topological polar surface area (TPSA) is 67.2 Å². The first-order valence-electron chi connectivity index (χ1n) is 12.8. The van der Waals surface area contributed by atoms with Crippen LogP contribution in [-0.2, 0) is 6.42 Å². The summed E-state index contributed by atoms with van der Waals surface area (Å²) < 4.78 is 15.3. The number of carbonyl (C=O) groups is 1. The maximum Gasteiger partial charge on any atom is 0.255 e. The number of nitrogens with zero attached hydrogens (tertiary/aromatic N) is 2. The van der Waals surface area contributed by atoms with Gasteiger partial charge in [0.2, 0.25) is 0 Å². The second-order valence-electron chi connectivity index (χ2n) is 10.3. The molecule has 0 spiro atoms. The predicted octanol–water partition coefficient (Wildman–Crippen LogP) is 6.53. The van der Waals surface area contributed by atoms with Crippen LogP contribution in [0.5, 0.6) is 5.75 Å². The lowest BCUT2D eigenvalue weighted by Gasteiger charge is -2.35. The van der Waals surface area contributed by atoms with Gasteiger partial charge in [-0.2, -0.15) is 5.10 Å². The highest BCUT2D eigenvalue weighted by Gasteiger charge is 2.43. The molecule has 0 radical (unpaired) electrons. The van der Waals surface area contributed by atoms with Crippen molar-refractivity contribution in [1.82, 2.24) is 15.1 Å². The van der Waals surface area contributed by atoms with Crippen molar-refractivity contribution in [2.75, 3.05) is 0 Å². The van der Waals surface area contributed by atoms with Crippen molar-refractivity contribution < 1.29 is 14.3 Å². The molecule has 6 heteroatoms. The number of amides is 1. The van der Waals surface area contributed by atoms with E-state index in [1.165, 1.54) is 23.8 Å². The number of aromatic nitrogens is 2. The van der Waals surface area contributed by atoms with Crippen molar-refractivity contribution in [3.63, 3.8) is 0 Å². The Morgan fingerprint density at radius 3 is 2.69 bits per heavy atom. The second-order valence-corrected chi connectivity index (χ2v) is 10.3. The molecule has 1 aliphatic carbocycles. The first-order chi connectivity index (χ1) is 17.2. The fourth-order valence-corrected chi connectivity index (χ4v) is 5.61. The molecule has 4 rings (SSSR count). The van der Waals surface area contributed by atoms with Gasteiger partial charge in [-0.05, 0) is 92.3 Å². The highest BCUT2D eigenvalue weighted by molar-refractivity contribution is 5.96. The smallest absolute Gasteiger partial charge is 0.255 e. The molecule has 190 valence electrons. The van der Waals surface area contributed by atoms with E-state index < -0.39 is 0 Å². The minimum absolute atomic E-state index is 0.00188. The SMILES string of the molecule is C=C1CC[C@H](CC(CCC)NC(=O)c2ccccc2O)[C@@]1(C)Cc1cnn(-c2ccc(F)cc2)c1C. The molecule has 1 unspecified atom stereocenters. The number of aromatic hydroxyl groups is 1. The van der Waals surface area contributed by atoms with Gasteiger partial charge in [0.25, 0.3) is 5.91 Å². The lowest BCUT2D eigenvalue weighted by Crippen LogP contribution is -2.39. The molecule has 36 heavy (non-hydrogen) atoms. The third-order valence-electron chi connectivity index (χ3n) is 7.93. The number of nitrogens with one attached hydrogen (secondary N) is 1. The van der Waals surface area contributed by atoms with E-state index in [4.69, 9.17) is 0 Å². The monoisotopic (exact) mass is 489 g/mol. The number of allylic oxidation sites excluding steroid dienone is 1. The zero-order valence-electron chi connectivity index (χ0n) is 21.4. The van der Waals surface area contributed by atoms with Crippen LogP contribution in [0.1, 0.15) is 67.6 Å². The largest absolute Gasteiger partial charge is 0.507 e. The average Bonchev–Trinajstić information content (AvgIpc) is 3.34. The highest BCUT2D eigenvalue weighted by atomic mass is 19.1.